The number of hydrogen-bond acceptors (Lipinski definition) is 5. The predicted molar refractivity (Wildman–Crippen MR) is 113 cm³/mol. The molecule has 2 amide bonds. The molecule has 0 unspecified atom stereocenters. The average Bonchev–Trinajstić information content (AvgIpc) is 2.74. The largest absolute Gasteiger partial charge is 0.453 e. The Kier molecular flexibility index (Phi) is 6.01. The van der Waals surface area contributed by atoms with Crippen molar-refractivity contribution >= 4 is 22.9 Å². The molecule has 1 aromatic heterocycles. The summed E-state index contributed by atoms with van der Waals surface area (Å²) in [5, 5.41) is 3.60. The maximum atomic E-state index is 12.9. The molecule has 0 saturated carbocycles. The second-order valence-corrected chi connectivity index (χ2v) is 8.09. The summed E-state index contributed by atoms with van der Waals surface area (Å²) in [6.07, 6.45) is 6.15. The van der Waals surface area contributed by atoms with Gasteiger partial charge in [-0.1, -0.05) is 12.8 Å². The highest BCUT2D eigenvalue weighted by Crippen LogP contribution is 2.17. The summed E-state index contributed by atoms with van der Waals surface area (Å²) in [5.74, 6) is 0.641. The lowest BCUT2D eigenvalue weighted by Gasteiger charge is -2.31. The molecule has 3 heterocycles. The minimum Gasteiger partial charge on any atom is -0.453 e. The fourth-order valence-electron chi connectivity index (χ4n) is 4.34. The summed E-state index contributed by atoms with van der Waals surface area (Å²) in [4.78, 5) is 43.7. The predicted octanol–water partition coefficient (Wildman–Crippen LogP) is 2.47. The van der Waals surface area contributed by atoms with Crippen molar-refractivity contribution in [2.24, 2.45) is 0 Å². The molecule has 0 bridgehead atoms. The lowest BCUT2D eigenvalue weighted by Crippen LogP contribution is -2.46. The number of nitrogens with one attached hydrogen (secondary N) is 1. The first-order valence-electron chi connectivity index (χ1n) is 10.7. The molecule has 2 aliphatic rings. The third-order valence-electron chi connectivity index (χ3n) is 6.09. The molecule has 1 saturated heterocycles. The van der Waals surface area contributed by atoms with Gasteiger partial charge in [0.1, 0.15) is 5.82 Å². The number of ether oxygens (including phenoxy) is 1. The Labute approximate surface area is 175 Å². The van der Waals surface area contributed by atoms with Crippen molar-refractivity contribution in [3.63, 3.8) is 0 Å². The number of benzene rings is 1. The monoisotopic (exact) mass is 412 g/mol. The molecule has 2 aliphatic heterocycles. The molecular weight excluding hydrogens is 384 g/mol. The first-order chi connectivity index (χ1) is 14.6. The van der Waals surface area contributed by atoms with Crippen LogP contribution in [0.3, 0.4) is 0 Å². The van der Waals surface area contributed by atoms with Gasteiger partial charge in [0.25, 0.3) is 11.5 Å². The molecule has 0 atom stereocenters. The van der Waals surface area contributed by atoms with E-state index in [4.69, 9.17) is 9.72 Å². The Hall–Kier alpha value is -2.90. The zero-order valence-corrected chi connectivity index (χ0v) is 17.4. The van der Waals surface area contributed by atoms with Gasteiger partial charge in [-0.25, -0.2) is 9.78 Å². The molecule has 8 nitrogen and oxygen atoms in total. The maximum Gasteiger partial charge on any atom is 0.409 e. The number of likely N-dealkylation sites (tertiary alicyclic amines) is 1. The van der Waals surface area contributed by atoms with Gasteiger partial charge in [0.15, 0.2) is 0 Å². The highest BCUT2D eigenvalue weighted by molar-refractivity contribution is 5.97. The zero-order valence-electron chi connectivity index (χ0n) is 17.4. The van der Waals surface area contributed by atoms with Gasteiger partial charge < -0.3 is 15.0 Å². The summed E-state index contributed by atoms with van der Waals surface area (Å²) in [5.41, 5.74) is 1.07. The number of rotatable bonds is 2. The SMILES string of the molecule is COC(=O)N1CCC(NC(=O)c2ccc3c(=O)n4c(nc3c2)CCCCCC4)CC1. The van der Waals surface area contributed by atoms with Crippen LogP contribution in [0.5, 0.6) is 0 Å². The fraction of sp³-hybridized carbons (Fsp3) is 0.545. The Morgan fingerprint density at radius 3 is 2.63 bits per heavy atom. The Balaban J connectivity index is 1.50. The van der Waals surface area contributed by atoms with Crippen molar-refractivity contribution in [1.82, 2.24) is 19.8 Å². The van der Waals surface area contributed by atoms with Gasteiger partial charge in [0.05, 0.1) is 18.0 Å². The summed E-state index contributed by atoms with van der Waals surface area (Å²) in [6, 6.07) is 5.13. The van der Waals surface area contributed by atoms with Crippen LogP contribution in [-0.4, -0.2) is 52.7 Å². The highest BCUT2D eigenvalue weighted by atomic mass is 16.5. The molecule has 1 aromatic carbocycles. The van der Waals surface area contributed by atoms with E-state index in [9.17, 15) is 14.4 Å². The van der Waals surface area contributed by atoms with Gasteiger partial charge in [-0.15, -0.1) is 0 Å². The van der Waals surface area contributed by atoms with Crippen molar-refractivity contribution in [2.75, 3.05) is 20.2 Å². The minimum absolute atomic E-state index is 0.00322. The first kappa shape index (κ1) is 20.4. The van der Waals surface area contributed by atoms with Crippen LogP contribution in [0.25, 0.3) is 10.9 Å². The van der Waals surface area contributed by atoms with Gasteiger partial charge in [-0.2, -0.15) is 0 Å². The molecule has 1 N–H and O–H groups in total. The number of hydrogen-bond donors (Lipinski definition) is 1. The summed E-state index contributed by atoms with van der Waals surface area (Å²) < 4.78 is 6.55. The van der Waals surface area contributed by atoms with E-state index < -0.39 is 0 Å². The topological polar surface area (TPSA) is 93.5 Å². The van der Waals surface area contributed by atoms with E-state index in [0.29, 0.717) is 48.9 Å². The standard InChI is InChI=1S/C22H28N4O4/c1-30-22(29)25-12-9-16(10-13-25)23-20(27)15-7-8-17-18(14-15)24-19-6-4-2-3-5-11-26(19)21(17)28/h7-8,14,16H,2-6,9-13H2,1H3,(H,23,27). The second-order valence-electron chi connectivity index (χ2n) is 8.09. The molecule has 0 spiro atoms. The van der Waals surface area contributed by atoms with E-state index in [1.807, 2.05) is 0 Å². The third kappa shape index (κ3) is 4.17. The van der Waals surface area contributed by atoms with Gasteiger partial charge in [-0.05, 0) is 43.9 Å². The number of amides is 2. The van der Waals surface area contributed by atoms with Crippen LogP contribution >= 0.6 is 0 Å². The van der Waals surface area contributed by atoms with Crippen molar-refractivity contribution in [2.45, 2.75) is 57.5 Å². The molecule has 2 aromatic rings. The molecule has 4 rings (SSSR count). The lowest BCUT2D eigenvalue weighted by atomic mass is 10.0. The number of aryl methyl sites for hydroxylation is 1. The van der Waals surface area contributed by atoms with Crippen LogP contribution < -0.4 is 10.9 Å². The fourth-order valence-corrected chi connectivity index (χ4v) is 4.34. The van der Waals surface area contributed by atoms with Crippen LogP contribution in [0.1, 0.15) is 54.7 Å². The van der Waals surface area contributed by atoms with E-state index in [2.05, 4.69) is 5.32 Å². The average molecular weight is 412 g/mol. The number of carbonyl (C=O) groups excluding carboxylic acids is 2. The number of aromatic nitrogens is 2. The molecule has 8 heteroatoms. The van der Waals surface area contributed by atoms with Gasteiger partial charge >= 0.3 is 6.09 Å². The van der Waals surface area contributed by atoms with Crippen molar-refractivity contribution < 1.29 is 14.3 Å². The highest BCUT2D eigenvalue weighted by Gasteiger charge is 2.24. The van der Waals surface area contributed by atoms with E-state index >= 15 is 0 Å². The number of nitrogens with zero attached hydrogens (tertiary/aromatic N) is 3. The van der Waals surface area contributed by atoms with Crippen molar-refractivity contribution in [3.05, 3.63) is 39.9 Å². The van der Waals surface area contributed by atoms with Crippen molar-refractivity contribution in [3.8, 4) is 0 Å². The number of carbonyl (C=O) groups is 2. The smallest absolute Gasteiger partial charge is 0.409 e. The van der Waals surface area contributed by atoms with E-state index in [0.717, 1.165) is 37.9 Å². The van der Waals surface area contributed by atoms with E-state index in [1.165, 1.54) is 7.11 Å². The Morgan fingerprint density at radius 1 is 1.10 bits per heavy atom. The maximum absolute atomic E-state index is 12.9. The third-order valence-corrected chi connectivity index (χ3v) is 6.09. The molecule has 0 radical (unpaired) electrons. The number of piperidine rings is 1. The molecular formula is C22H28N4O4. The first-order valence-corrected chi connectivity index (χ1v) is 10.7. The van der Waals surface area contributed by atoms with E-state index in [1.54, 1.807) is 27.7 Å². The quantitative estimate of drug-likeness (QED) is 0.818. The summed E-state index contributed by atoms with van der Waals surface area (Å²) in [6.45, 7) is 1.82. The second kappa shape index (κ2) is 8.85. The normalized spacial score (nSPS) is 17.7. The van der Waals surface area contributed by atoms with Crippen LogP contribution in [-0.2, 0) is 17.7 Å². The number of methoxy groups -OCH3 is 1. The number of fused-ring (bicyclic) bond motifs is 2. The van der Waals surface area contributed by atoms with Crippen LogP contribution in [0.4, 0.5) is 4.79 Å². The Bertz CT molecular complexity index is 1010. The molecule has 30 heavy (non-hydrogen) atoms. The molecule has 160 valence electrons. The summed E-state index contributed by atoms with van der Waals surface area (Å²) in [7, 11) is 1.37. The lowest BCUT2D eigenvalue weighted by molar-refractivity contribution is 0.0892. The van der Waals surface area contributed by atoms with Crippen LogP contribution in [0.15, 0.2) is 23.0 Å². The Morgan fingerprint density at radius 2 is 1.87 bits per heavy atom. The van der Waals surface area contributed by atoms with E-state index in [-0.39, 0.29) is 23.6 Å². The summed E-state index contributed by atoms with van der Waals surface area (Å²) >= 11 is 0. The van der Waals surface area contributed by atoms with Crippen LogP contribution in [0, 0.1) is 0 Å². The van der Waals surface area contributed by atoms with Crippen molar-refractivity contribution in [1.29, 1.82) is 0 Å². The van der Waals surface area contributed by atoms with Gasteiger partial charge in [0.2, 0.25) is 0 Å². The van der Waals surface area contributed by atoms with Gasteiger partial charge in [-0.3, -0.25) is 14.2 Å². The van der Waals surface area contributed by atoms with Gasteiger partial charge in [0, 0.05) is 37.7 Å². The zero-order chi connectivity index (χ0) is 21.1. The van der Waals surface area contributed by atoms with Crippen LogP contribution in [0.2, 0.25) is 0 Å². The molecule has 0 aliphatic carbocycles. The molecule has 1 fully saturated rings. The minimum atomic E-state index is -0.332.